The normalized spacial score (nSPS) is 12.7. The first-order chi connectivity index (χ1) is 10.8. The second kappa shape index (κ2) is 7.26. The molecule has 0 spiro atoms. The lowest BCUT2D eigenvalue weighted by Gasteiger charge is -2.28. The standard InChI is InChI=1S/C17H24N4O2/c1-17(2,3)10-15(13-6-5-8-18-11-13)19-16(22)21(4)12-14-7-9-23-20-14/h5-9,11,15H,10,12H2,1-4H3,(H,19,22). The summed E-state index contributed by atoms with van der Waals surface area (Å²) < 4.78 is 4.79. The molecule has 6 nitrogen and oxygen atoms in total. The minimum absolute atomic E-state index is 0.0818. The van der Waals surface area contributed by atoms with E-state index in [-0.39, 0.29) is 17.5 Å². The lowest BCUT2D eigenvalue weighted by molar-refractivity contribution is 0.196. The first kappa shape index (κ1) is 17.0. The summed E-state index contributed by atoms with van der Waals surface area (Å²) in [6.45, 7) is 6.86. The molecule has 0 saturated carbocycles. The number of nitrogens with zero attached hydrogens (tertiary/aromatic N) is 3. The van der Waals surface area contributed by atoms with Gasteiger partial charge in [0.2, 0.25) is 0 Å². The smallest absolute Gasteiger partial charge is 0.317 e. The third kappa shape index (κ3) is 5.39. The molecule has 0 aliphatic rings. The van der Waals surface area contributed by atoms with Gasteiger partial charge >= 0.3 is 6.03 Å². The van der Waals surface area contributed by atoms with E-state index in [0.717, 1.165) is 17.7 Å². The summed E-state index contributed by atoms with van der Waals surface area (Å²) in [4.78, 5) is 18.2. The van der Waals surface area contributed by atoms with Gasteiger partial charge in [0, 0.05) is 25.5 Å². The first-order valence-electron chi connectivity index (χ1n) is 7.66. The Hall–Kier alpha value is -2.37. The highest BCUT2D eigenvalue weighted by Crippen LogP contribution is 2.29. The Morgan fingerprint density at radius 1 is 1.39 bits per heavy atom. The van der Waals surface area contributed by atoms with Crippen molar-refractivity contribution in [2.24, 2.45) is 5.41 Å². The van der Waals surface area contributed by atoms with E-state index in [1.165, 1.54) is 6.26 Å². The van der Waals surface area contributed by atoms with Crippen LogP contribution in [0.3, 0.4) is 0 Å². The van der Waals surface area contributed by atoms with Crippen LogP contribution in [0.4, 0.5) is 4.79 Å². The van der Waals surface area contributed by atoms with Crippen molar-refractivity contribution in [2.75, 3.05) is 7.05 Å². The fraction of sp³-hybridized carbons (Fsp3) is 0.471. The first-order valence-corrected chi connectivity index (χ1v) is 7.66. The topological polar surface area (TPSA) is 71.3 Å². The average molecular weight is 316 g/mol. The number of urea groups is 1. The molecule has 124 valence electrons. The van der Waals surface area contributed by atoms with Crippen molar-refractivity contribution in [1.29, 1.82) is 0 Å². The lowest BCUT2D eigenvalue weighted by atomic mass is 9.86. The highest BCUT2D eigenvalue weighted by Gasteiger charge is 2.23. The molecule has 1 unspecified atom stereocenters. The molecule has 0 aromatic carbocycles. The van der Waals surface area contributed by atoms with E-state index in [9.17, 15) is 4.79 Å². The largest absolute Gasteiger partial charge is 0.364 e. The van der Waals surface area contributed by atoms with E-state index in [1.54, 1.807) is 30.4 Å². The molecule has 0 aliphatic heterocycles. The van der Waals surface area contributed by atoms with Crippen molar-refractivity contribution < 1.29 is 9.32 Å². The molecular weight excluding hydrogens is 292 g/mol. The number of nitrogens with one attached hydrogen (secondary N) is 1. The van der Waals surface area contributed by atoms with Gasteiger partial charge in [0.25, 0.3) is 0 Å². The summed E-state index contributed by atoms with van der Waals surface area (Å²) in [6.07, 6.45) is 5.85. The molecule has 2 aromatic rings. The summed E-state index contributed by atoms with van der Waals surface area (Å²) in [7, 11) is 1.74. The summed E-state index contributed by atoms with van der Waals surface area (Å²) in [6, 6.07) is 5.39. The molecular formula is C17H24N4O2. The Kier molecular flexibility index (Phi) is 5.36. The van der Waals surface area contributed by atoms with Crippen LogP contribution in [-0.4, -0.2) is 28.1 Å². The van der Waals surface area contributed by atoms with Gasteiger partial charge in [-0.3, -0.25) is 4.98 Å². The van der Waals surface area contributed by atoms with Crippen LogP contribution >= 0.6 is 0 Å². The highest BCUT2D eigenvalue weighted by atomic mass is 16.5. The van der Waals surface area contributed by atoms with Gasteiger partial charge in [-0.05, 0) is 23.5 Å². The van der Waals surface area contributed by atoms with Crippen LogP contribution < -0.4 is 5.32 Å². The van der Waals surface area contributed by atoms with E-state index < -0.39 is 0 Å². The monoisotopic (exact) mass is 316 g/mol. The number of hydrogen-bond acceptors (Lipinski definition) is 4. The fourth-order valence-corrected chi connectivity index (χ4v) is 2.34. The number of amides is 2. The number of carbonyl (C=O) groups excluding carboxylic acids is 1. The number of carbonyl (C=O) groups is 1. The van der Waals surface area contributed by atoms with Crippen molar-refractivity contribution in [3.63, 3.8) is 0 Å². The van der Waals surface area contributed by atoms with E-state index in [1.807, 2.05) is 12.1 Å². The Morgan fingerprint density at radius 3 is 2.74 bits per heavy atom. The third-order valence-corrected chi connectivity index (χ3v) is 3.44. The van der Waals surface area contributed by atoms with Crippen LogP contribution in [0.5, 0.6) is 0 Å². The Bertz CT molecular complexity index is 605. The summed E-state index contributed by atoms with van der Waals surface area (Å²) in [5, 5.41) is 6.92. The van der Waals surface area contributed by atoms with Crippen molar-refractivity contribution in [1.82, 2.24) is 20.4 Å². The SMILES string of the molecule is CN(Cc1ccon1)C(=O)NC(CC(C)(C)C)c1cccnc1. The van der Waals surface area contributed by atoms with Crippen LogP contribution in [0, 0.1) is 5.41 Å². The zero-order chi connectivity index (χ0) is 16.9. The van der Waals surface area contributed by atoms with Crippen molar-refractivity contribution in [3.05, 3.63) is 48.1 Å². The Morgan fingerprint density at radius 2 is 2.17 bits per heavy atom. The van der Waals surface area contributed by atoms with Crippen molar-refractivity contribution in [3.8, 4) is 0 Å². The maximum Gasteiger partial charge on any atom is 0.317 e. The number of pyridine rings is 1. The second-order valence-electron chi connectivity index (χ2n) is 6.90. The van der Waals surface area contributed by atoms with Gasteiger partial charge < -0.3 is 14.7 Å². The third-order valence-electron chi connectivity index (χ3n) is 3.44. The maximum absolute atomic E-state index is 12.5. The molecule has 1 atom stereocenters. The minimum atomic E-state index is -0.147. The summed E-state index contributed by atoms with van der Waals surface area (Å²) in [5.74, 6) is 0. The van der Waals surface area contributed by atoms with Crippen LogP contribution in [0.2, 0.25) is 0 Å². The lowest BCUT2D eigenvalue weighted by Crippen LogP contribution is -2.40. The number of aromatic nitrogens is 2. The highest BCUT2D eigenvalue weighted by molar-refractivity contribution is 5.74. The maximum atomic E-state index is 12.5. The zero-order valence-corrected chi connectivity index (χ0v) is 14.1. The fourth-order valence-electron chi connectivity index (χ4n) is 2.34. The molecule has 2 aromatic heterocycles. The molecule has 23 heavy (non-hydrogen) atoms. The van der Waals surface area contributed by atoms with Gasteiger partial charge in [0.1, 0.15) is 12.0 Å². The van der Waals surface area contributed by atoms with Gasteiger partial charge in [0.05, 0.1) is 12.6 Å². The average Bonchev–Trinajstić information content (AvgIpc) is 2.99. The molecule has 0 aliphatic carbocycles. The molecule has 1 N–H and O–H groups in total. The van der Waals surface area contributed by atoms with Gasteiger partial charge in [-0.15, -0.1) is 0 Å². The predicted octanol–water partition coefficient (Wildman–Crippen LogP) is 3.39. The Balaban J connectivity index is 2.06. The van der Waals surface area contributed by atoms with E-state index >= 15 is 0 Å². The predicted molar refractivity (Wildman–Crippen MR) is 87.6 cm³/mol. The number of rotatable bonds is 5. The van der Waals surface area contributed by atoms with Crippen LogP contribution in [0.15, 0.2) is 41.4 Å². The van der Waals surface area contributed by atoms with E-state index in [2.05, 4.69) is 36.2 Å². The van der Waals surface area contributed by atoms with E-state index in [4.69, 9.17) is 4.52 Å². The zero-order valence-electron chi connectivity index (χ0n) is 14.1. The van der Waals surface area contributed by atoms with Gasteiger partial charge in [0.15, 0.2) is 0 Å². The van der Waals surface area contributed by atoms with Crippen molar-refractivity contribution >= 4 is 6.03 Å². The molecule has 0 saturated heterocycles. The van der Waals surface area contributed by atoms with Crippen LogP contribution in [-0.2, 0) is 6.54 Å². The molecule has 0 radical (unpaired) electrons. The molecule has 6 heteroatoms. The van der Waals surface area contributed by atoms with Crippen molar-refractivity contribution in [2.45, 2.75) is 39.8 Å². The van der Waals surface area contributed by atoms with E-state index in [0.29, 0.717) is 6.54 Å². The molecule has 2 heterocycles. The summed E-state index contributed by atoms with van der Waals surface area (Å²) in [5.41, 5.74) is 1.81. The second-order valence-corrected chi connectivity index (χ2v) is 6.90. The molecule has 2 amide bonds. The quantitative estimate of drug-likeness (QED) is 0.918. The van der Waals surface area contributed by atoms with Gasteiger partial charge in [-0.1, -0.05) is 32.0 Å². The molecule has 2 rings (SSSR count). The van der Waals surface area contributed by atoms with Crippen LogP contribution in [0.1, 0.15) is 44.5 Å². The minimum Gasteiger partial charge on any atom is -0.364 e. The number of hydrogen-bond donors (Lipinski definition) is 1. The summed E-state index contributed by atoms with van der Waals surface area (Å²) >= 11 is 0. The van der Waals surface area contributed by atoms with Gasteiger partial charge in [-0.25, -0.2) is 4.79 Å². The molecule has 0 bridgehead atoms. The Labute approximate surface area is 136 Å². The molecule has 0 fully saturated rings. The van der Waals surface area contributed by atoms with Crippen LogP contribution in [0.25, 0.3) is 0 Å². The van der Waals surface area contributed by atoms with Gasteiger partial charge in [-0.2, -0.15) is 0 Å².